The minimum absolute atomic E-state index is 0.145. The van der Waals surface area contributed by atoms with Gasteiger partial charge in [0.1, 0.15) is 6.54 Å². The number of ether oxygens (including phenoxy) is 1. The van der Waals surface area contributed by atoms with Crippen LogP contribution in [0.25, 0.3) is 0 Å². The summed E-state index contributed by atoms with van der Waals surface area (Å²) < 4.78 is 10.4. The number of hydrazone groups is 1. The quantitative estimate of drug-likeness (QED) is 0.486. The Hall–Kier alpha value is -2.94. The Morgan fingerprint density at radius 2 is 2.06 bits per heavy atom. The lowest BCUT2D eigenvalue weighted by Gasteiger charge is -2.26. The molecule has 0 N–H and O–H groups in total. The van der Waals surface area contributed by atoms with E-state index in [1.807, 2.05) is 29.6 Å². The maximum atomic E-state index is 13.4. The molecule has 1 aliphatic heterocycles. The van der Waals surface area contributed by atoms with Crippen molar-refractivity contribution in [2.75, 3.05) is 26.8 Å². The molecule has 1 atom stereocenters. The molecule has 3 aromatic rings. The fourth-order valence-corrected chi connectivity index (χ4v) is 4.37. The molecule has 7 nitrogen and oxygen atoms in total. The molecular weight excluding hydrogens is 450 g/mol. The van der Waals surface area contributed by atoms with Gasteiger partial charge in [0.05, 0.1) is 29.5 Å². The zero-order chi connectivity index (χ0) is 22.5. The molecule has 0 bridgehead atoms. The Labute approximate surface area is 194 Å². The molecular formula is C23H22ClN3O4S. The van der Waals surface area contributed by atoms with Crippen molar-refractivity contribution >= 4 is 40.5 Å². The number of methoxy groups -OCH3 is 1. The summed E-state index contributed by atoms with van der Waals surface area (Å²) in [5.74, 6) is -0.482. The smallest absolute Gasteiger partial charge is 0.290 e. The first kappa shape index (κ1) is 22.3. The van der Waals surface area contributed by atoms with Crippen LogP contribution in [0.2, 0.25) is 5.02 Å². The topological polar surface area (TPSA) is 75.3 Å². The highest BCUT2D eigenvalue weighted by Gasteiger charge is 2.35. The van der Waals surface area contributed by atoms with Gasteiger partial charge in [0, 0.05) is 25.1 Å². The van der Waals surface area contributed by atoms with E-state index in [9.17, 15) is 9.59 Å². The molecule has 2 amide bonds. The Morgan fingerprint density at radius 3 is 2.72 bits per heavy atom. The number of halogens is 1. The number of rotatable bonds is 8. The van der Waals surface area contributed by atoms with Gasteiger partial charge in [0.2, 0.25) is 0 Å². The lowest BCUT2D eigenvalue weighted by atomic mass is 10.0. The van der Waals surface area contributed by atoms with Crippen molar-refractivity contribution < 1.29 is 18.7 Å². The van der Waals surface area contributed by atoms with Crippen molar-refractivity contribution in [3.05, 3.63) is 81.4 Å². The van der Waals surface area contributed by atoms with Crippen molar-refractivity contribution in [3.8, 4) is 0 Å². The molecule has 2 aromatic heterocycles. The Kier molecular flexibility index (Phi) is 7.04. The van der Waals surface area contributed by atoms with Crippen LogP contribution in [-0.4, -0.2) is 54.2 Å². The summed E-state index contributed by atoms with van der Waals surface area (Å²) in [6.07, 6.45) is 2.01. The number of carbonyl (C=O) groups excluding carboxylic acids is 2. The number of benzene rings is 1. The molecule has 0 fully saturated rings. The van der Waals surface area contributed by atoms with Crippen molar-refractivity contribution in [1.29, 1.82) is 0 Å². The summed E-state index contributed by atoms with van der Waals surface area (Å²) >= 11 is 7.63. The maximum absolute atomic E-state index is 13.4. The SMILES string of the molecule is COCCN(CC(=O)N1N=C(c2cccs2)C[C@@H]1c1ccc(Cl)cc1)C(=O)c1ccco1. The van der Waals surface area contributed by atoms with Crippen molar-refractivity contribution in [3.63, 3.8) is 0 Å². The molecule has 4 rings (SSSR count). The Morgan fingerprint density at radius 1 is 1.25 bits per heavy atom. The highest BCUT2D eigenvalue weighted by Crippen LogP contribution is 2.34. The van der Waals surface area contributed by atoms with E-state index < -0.39 is 0 Å². The fraction of sp³-hybridized carbons (Fsp3) is 0.261. The van der Waals surface area contributed by atoms with Crippen molar-refractivity contribution in [2.24, 2.45) is 5.10 Å². The number of amides is 2. The van der Waals surface area contributed by atoms with E-state index in [0.717, 1.165) is 16.2 Å². The predicted molar refractivity (Wildman–Crippen MR) is 123 cm³/mol. The van der Waals surface area contributed by atoms with E-state index in [1.54, 1.807) is 42.7 Å². The van der Waals surface area contributed by atoms with Gasteiger partial charge in [-0.3, -0.25) is 9.59 Å². The highest BCUT2D eigenvalue weighted by molar-refractivity contribution is 7.12. The summed E-state index contributed by atoms with van der Waals surface area (Å²) in [6.45, 7) is 0.404. The molecule has 9 heteroatoms. The van der Waals surface area contributed by atoms with Crippen LogP contribution in [0.5, 0.6) is 0 Å². The number of hydrogen-bond acceptors (Lipinski definition) is 6. The normalized spacial score (nSPS) is 15.6. The van der Waals surface area contributed by atoms with Crippen LogP contribution in [0.1, 0.15) is 33.5 Å². The lowest BCUT2D eigenvalue weighted by molar-refractivity contribution is -0.133. The standard InChI is InChI=1S/C23H22ClN3O4S/c1-30-12-10-26(23(29)20-4-2-11-31-20)15-22(28)27-19(16-6-8-17(24)9-7-16)14-18(25-27)21-5-3-13-32-21/h2-9,11,13,19H,10,12,14-15H2,1H3/t19-/m1/s1. The van der Waals surface area contributed by atoms with E-state index in [-0.39, 0.29) is 36.7 Å². The molecule has 3 heterocycles. The fourth-order valence-electron chi connectivity index (χ4n) is 3.52. The average Bonchev–Trinajstić information content (AvgIpc) is 3.57. The van der Waals surface area contributed by atoms with Gasteiger partial charge in [0.25, 0.3) is 11.8 Å². The first-order valence-electron chi connectivity index (χ1n) is 10.1. The average molecular weight is 472 g/mol. The lowest BCUT2D eigenvalue weighted by Crippen LogP contribution is -2.42. The second-order valence-corrected chi connectivity index (χ2v) is 8.61. The summed E-state index contributed by atoms with van der Waals surface area (Å²) in [6, 6.07) is 14.3. The number of hydrogen-bond donors (Lipinski definition) is 0. The van der Waals surface area contributed by atoms with Gasteiger partial charge < -0.3 is 14.1 Å². The van der Waals surface area contributed by atoms with E-state index in [4.69, 9.17) is 20.8 Å². The van der Waals surface area contributed by atoms with Gasteiger partial charge in [-0.2, -0.15) is 5.10 Å². The summed E-state index contributed by atoms with van der Waals surface area (Å²) in [4.78, 5) is 28.7. The third-order valence-electron chi connectivity index (χ3n) is 5.14. The third kappa shape index (κ3) is 4.93. The molecule has 0 aliphatic carbocycles. The zero-order valence-electron chi connectivity index (χ0n) is 17.4. The first-order chi connectivity index (χ1) is 15.6. The molecule has 0 radical (unpaired) electrons. The highest BCUT2D eigenvalue weighted by atomic mass is 35.5. The molecule has 0 saturated heterocycles. The van der Waals surface area contributed by atoms with E-state index in [1.165, 1.54) is 16.2 Å². The van der Waals surface area contributed by atoms with Crippen LogP contribution in [0.3, 0.4) is 0 Å². The van der Waals surface area contributed by atoms with E-state index in [2.05, 4.69) is 5.10 Å². The predicted octanol–water partition coefficient (Wildman–Crippen LogP) is 4.46. The minimum Gasteiger partial charge on any atom is -0.459 e. The summed E-state index contributed by atoms with van der Waals surface area (Å²) in [7, 11) is 1.55. The molecule has 0 saturated carbocycles. The van der Waals surface area contributed by atoms with Crippen LogP contribution < -0.4 is 0 Å². The first-order valence-corrected chi connectivity index (χ1v) is 11.3. The second kappa shape index (κ2) is 10.1. The van der Waals surface area contributed by atoms with Gasteiger partial charge in [-0.25, -0.2) is 5.01 Å². The van der Waals surface area contributed by atoms with Crippen molar-refractivity contribution in [1.82, 2.24) is 9.91 Å². The van der Waals surface area contributed by atoms with Gasteiger partial charge in [-0.1, -0.05) is 29.8 Å². The number of carbonyl (C=O) groups is 2. The van der Waals surface area contributed by atoms with Crippen molar-refractivity contribution in [2.45, 2.75) is 12.5 Å². The Balaban J connectivity index is 1.59. The van der Waals surface area contributed by atoms with Crippen LogP contribution >= 0.6 is 22.9 Å². The monoisotopic (exact) mass is 471 g/mol. The van der Waals surface area contributed by atoms with Crippen LogP contribution in [-0.2, 0) is 9.53 Å². The van der Waals surface area contributed by atoms with Crippen LogP contribution in [0.4, 0.5) is 0 Å². The van der Waals surface area contributed by atoms with E-state index >= 15 is 0 Å². The Bertz CT molecular complexity index is 1080. The van der Waals surface area contributed by atoms with Crippen LogP contribution in [0, 0.1) is 0 Å². The summed E-state index contributed by atoms with van der Waals surface area (Å²) in [5, 5.41) is 8.74. The number of furan rings is 1. The molecule has 166 valence electrons. The van der Waals surface area contributed by atoms with Gasteiger partial charge in [0.15, 0.2) is 5.76 Å². The van der Waals surface area contributed by atoms with E-state index in [0.29, 0.717) is 18.1 Å². The number of thiophene rings is 1. The van der Waals surface area contributed by atoms with Gasteiger partial charge in [-0.05, 0) is 41.3 Å². The van der Waals surface area contributed by atoms with Gasteiger partial charge in [-0.15, -0.1) is 11.3 Å². The second-order valence-electron chi connectivity index (χ2n) is 7.23. The molecule has 1 aliphatic rings. The summed E-state index contributed by atoms with van der Waals surface area (Å²) in [5.41, 5.74) is 1.77. The number of nitrogens with zero attached hydrogens (tertiary/aromatic N) is 3. The minimum atomic E-state index is -0.370. The molecule has 0 unspecified atom stereocenters. The zero-order valence-corrected chi connectivity index (χ0v) is 19.0. The third-order valence-corrected chi connectivity index (χ3v) is 6.31. The van der Waals surface area contributed by atoms with Gasteiger partial charge >= 0.3 is 0 Å². The van der Waals surface area contributed by atoms with Crippen LogP contribution in [0.15, 0.2) is 69.7 Å². The largest absolute Gasteiger partial charge is 0.459 e. The molecule has 0 spiro atoms. The molecule has 1 aromatic carbocycles. The molecule has 32 heavy (non-hydrogen) atoms. The maximum Gasteiger partial charge on any atom is 0.290 e.